The summed E-state index contributed by atoms with van der Waals surface area (Å²) < 4.78 is 1.21. The molecule has 0 spiro atoms. The van der Waals surface area contributed by atoms with Crippen molar-refractivity contribution in [2.24, 2.45) is 0 Å². The second-order valence-electron chi connectivity index (χ2n) is 4.99. The van der Waals surface area contributed by atoms with Crippen LogP contribution in [-0.2, 0) is 6.54 Å². The standard InChI is InChI=1S/C16H11N3O3S/c1-9-2-4-10(5-3-9)13-18-14-12(11(8-23-14)16(21)22)15(20)19(13)7-6-17/h2-5,8H,7H2,1H3,(H,21,22). The molecule has 0 saturated heterocycles. The summed E-state index contributed by atoms with van der Waals surface area (Å²) in [5.74, 6) is -0.815. The summed E-state index contributed by atoms with van der Waals surface area (Å²) in [7, 11) is 0. The second kappa shape index (κ2) is 5.66. The van der Waals surface area contributed by atoms with Gasteiger partial charge in [0.25, 0.3) is 5.56 Å². The molecular weight excluding hydrogens is 314 g/mol. The zero-order chi connectivity index (χ0) is 16.6. The third kappa shape index (κ3) is 2.49. The number of aryl methyl sites for hydroxylation is 1. The fourth-order valence-corrected chi connectivity index (χ4v) is 3.22. The molecule has 2 heterocycles. The maximum atomic E-state index is 12.7. The lowest BCUT2D eigenvalue weighted by molar-refractivity contribution is 0.0699. The van der Waals surface area contributed by atoms with Crippen molar-refractivity contribution < 1.29 is 9.90 Å². The van der Waals surface area contributed by atoms with Gasteiger partial charge in [0.05, 0.1) is 17.0 Å². The highest BCUT2D eigenvalue weighted by Crippen LogP contribution is 2.25. The maximum absolute atomic E-state index is 12.7. The Morgan fingerprint density at radius 2 is 2.09 bits per heavy atom. The van der Waals surface area contributed by atoms with Gasteiger partial charge in [-0.2, -0.15) is 5.26 Å². The van der Waals surface area contributed by atoms with Gasteiger partial charge in [-0.1, -0.05) is 29.8 Å². The van der Waals surface area contributed by atoms with Crippen LogP contribution in [-0.4, -0.2) is 20.6 Å². The molecule has 0 fully saturated rings. The molecule has 0 atom stereocenters. The highest BCUT2D eigenvalue weighted by Gasteiger charge is 2.20. The Hall–Kier alpha value is -2.98. The van der Waals surface area contributed by atoms with Gasteiger partial charge in [-0.3, -0.25) is 9.36 Å². The summed E-state index contributed by atoms with van der Waals surface area (Å²) in [6.45, 7) is 1.75. The minimum absolute atomic E-state index is 0.0496. The van der Waals surface area contributed by atoms with E-state index >= 15 is 0 Å². The number of hydrogen-bond acceptors (Lipinski definition) is 5. The monoisotopic (exact) mass is 325 g/mol. The zero-order valence-corrected chi connectivity index (χ0v) is 12.9. The average Bonchev–Trinajstić information content (AvgIpc) is 2.95. The van der Waals surface area contributed by atoms with Crippen molar-refractivity contribution in [3.8, 4) is 17.5 Å². The molecule has 0 unspecified atom stereocenters. The zero-order valence-electron chi connectivity index (χ0n) is 12.1. The smallest absolute Gasteiger partial charge is 0.337 e. The minimum Gasteiger partial charge on any atom is -0.478 e. The first-order chi connectivity index (χ1) is 11.0. The Labute approximate surface area is 134 Å². The van der Waals surface area contributed by atoms with E-state index in [0.717, 1.165) is 16.9 Å². The molecule has 0 radical (unpaired) electrons. The van der Waals surface area contributed by atoms with E-state index in [2.05, 4.69) is 4.98 Å². The number of carboxylic acid groups (broad SMARTS) is 1. The summed E-state index contributed by atoms with van der Waals surface area (Å²) in [5, 5.41) is 19.7. The predicted molar refractivity (Wildman–Crippen MR) is 86.6 cm³/mol. The Kier molecular flexibility index (Phi) is 3.68. The van der Waals surface area contributed by atoms with Crippen LogP contribution >= 0.6 is 11.3 Å². The number of hydrogen-bond donors (Lipinski definition) is 1. The summed E-state index contributed by atoms with van der Waals surface area (Å²) >= 11 is 1.11. The number of fused-ring (bicyclic) bond motifs is 1. The first kappa shape index (κ1) is 14.9. The van der Waals surface area contributed by atoms with Gasteiger partial charge < -0.3 is 5.11 Å². The molecule has 0 aliphatic carbocycles. The van der Waals surface area contributed by atoms with Gasteiger partial charge >= 0.3 is 5.97 Å². The Balaban J connectivity index is 2.36. The van der Waals surface area contributed by atoms with Crippen LogP contribution in [0.1, 0.15) is 15.9 Å². The average molecular weight is 325 g/mol. The van der Waals surface area contributed by atoms with E-state index in [1.807, 2.05) is 37.3 Å². The van der Waals surface area contributed by atoms with Crippen molar-refractivity contribution in [1.82, 2.24) is 9.55 Å². The van der Waals surface area contributed by atoms with Crippen molar-refractivity contribution in [3.63, 3.8) is 0 Å². The van der Waals surface area contributed by atoms with Crippen LogP contribution in [0.4, 0.5) is 0 Å². The van der Waals surface area contributed by atoms with Crippen LogP contribution in [0.5, 0.6) is 0 Å². The van der Waals surface area contributed by atoms with Crippen LogP contribution in [0, 0.1) is 18.3 Å². The van der Waals surface area contributed by atoms with Crippen LogP contribution in [0.25, 0.3) is 21.6 Å². The summed E-state index contributed by atoms with van der Waals surface area (Å²) in [6.07, 6.45) is 0. The highest BCUT2D eigenvalue weighted by atomic mass is 32.1. The molecule has 7 heteroatoms. The van der Waals surface area contributed by atoms with Crippen LogP contribution in [0.15, 0.2) is 34.4 Å². The molecule has 1 aromatic carbocycles. The quantitative estimate of drug-likeness (QED) is 0.798. The Morgan fingerprint density at radius 1 is 1.39 bits per heavy atom. The van der Waals surface area contributed by atoms with E-state index in [4.69, 9.17) is 5.26 Å². The van der Waals surface area contributed by atoms with Crippen LogP contribution < -0.4 is 5.56 Å². The van der Waals surface area contributed by atoms with Gasteiger partial charge in [0.1, 0.15) is 17.2 Å². The normalized spacial score (nSPS) is 10.6. The number of nitriles is 1. The van der Waals surface area contributed by atoms with Crippen molar-refractivity contribution in [2.45, 2.75) is 13.5 Å². The van der Waals surface area contributed by atoms with Gasteiger partial charge in [0.2, 0.25) is 0 Å². The molecule has 0 aliphatic heterocycles. The number of aromatic nitrogens is 2. The van der Waals surface area contributed by atoms with Gasteiger partial charge in [0.15, 0.2) is 0 Å². The first-order valence-corrected chi connectivity index (χ1v) is 7.60. The first-order valence-electron chi connectivity index (χ1n) is 6.72. The number of nitrogens with zero attached hydrogens (tertiary/aromatic N) is 3. The fourth-order valence-electron chi connectivity index (χ4n) is 2.32. The lowest BCUT2D eigenvalue weighted by Crippen LogP contribution is -2.23. The lowest BCUT2D eigenvalue weighted by atomic mass is 10.1. The number of benzene rings is 1. The molecule has 0 bridgehead atoms. The van der Waals surface area contributed by atoms with E-state index in [1.165, 1.54) is 9.95 Å². The fraction of sp³-hybridized carbons (Fsp3) is 0.125. The van der Waals surface area contributed by atoms with Crippen molar-refractivity contribution >= 4 is 27.5 Å². The van der Waals surface area contributed by atoms with E-state index in [0.29, 0.717) is 16.2 Å². The lowest BCUT2D eigenvalue weighted by Gasteiger charge is -2.10. The number of carboxylic acids is 1. The number of thiophene rings is 1. The van der Waals surface area contributed by atoms with Crippen molar-refractivity contribution in [3.05, 3.63) is 51.1 Å². The summed E-state index contributed by atoms with van der Waals surface area (Å²) in [6, 6.07) is 9.35. The molecule has 0 saturated carbocycles. The largest absolute Gasteiger partial charge is 0.478 e. The van der Waals surface area contributed by atoms with Gasteiger partial charge in [-0.15, -0.1) is 11.3 Å². The summed E-state index contributed by atoms with van der Waals surface area (Å²) in [5.41, 5.74) is 1.18. The third-order valence-corrected chi connectivity index (χ3v) is 4.33. The topological polar surface area (TPSA) is 96.0 Å². The molecule has 2 aromatic heterocycles. The minimum atomic E-state index is -1.18. The number of rotatable bonds is 3. The molecule has 114 valence electrons. The van der Waals surface area contributed by atoms with Crippen LogP contribution in [0.2, 0.25) is 0 Å². The molecule has 0 amide bonds. The van der Waals surface area contributed by atoms with Crippen molar-refractivity contribution in [2.75, 3.05) is 0 Å². The Morgan fingerprint density at radius 3 is 2.70 bits per heavy atom. The molecule has 3 rings (SSSR count). The van der Waals surface area contributed by atoms with E-state index in [9.17, 15) is 14.7 Å². The van der Waals surface area contributed by atoms with Crippen LogP contribution in [0.3, 0.4) is 0 Å². The second-order valence-corrected chi connectivity index (χ2v) is 5.84. The van der Waals surface area contributed by atoms with E-state index < -0.39 is 11.5 Å². The van der Waals surface area contributed by atoms with E-state index in [1.54, 1.807) is 0 Å². The maximum Gasteiger partial charge on any atom is 0.337 e. The predicted octanol–water partition coefficient (Wildman–Crippen LogP) is 2.66. The van der Waals surface area contributed by atoms with Gasteiger partial charge in [-0.25, -0.2) is 9.78 Å². The van der Waals surface area contributed by atoms with Gasteiger partial charge in [0, 0.05) is 10.9 Å². The molecule has 23 heavy (non-hydrogen) atoms. The molecule has 0 aliphatic rings. The number of carbonyl (C=O) groups is 1. The molecule has 6 nitrogen and oxygen atoms in total. The molecule has 3 aromatic rings. The summed E-state index contributed by atoms with van der Waals surface area (Å²) in [4.78, 5) is 28.7. The highest BCUT2D eigenvalue weighted by molar-refractivity contribution is 7.17. The third-order valence-electron chi connectivity index (χ3n) is 3.46. The Bertz CT molecular complexity index is 1010. The number of aromatic carboxylic acids is 1. The molecule has 1 N–H and O–H groups in total. The van der Waals surface area contributed by atoms with Gasteiger partial charge in [-0.05, 0) is 6.92 Å². The van der Waals surface area contributed by atoms with Crippen molar-refractivity contribution in [1.29, 1.82) is 5.26 Å². The van der Waals surface area contributed by atoms with E-state index in [-0.39, 0.29) is 17.5 Å². The molecular formula is C16H11N3O3S. The SMILES string of the molecule is Cc1ccc(-c2nc3scc(C(=O)O)c3c(=O)n2CC#N)cc1.